The number of nitrogens with two attached hydrogens (primary N) is 1. The van der Waals surface area contributed by atoms with Crippen LogP contribution in [0.15, 0.2) is 12.1 Å². The molecule has 3 heteroatoms. The summed E-state index contributed by atoms with van der Waals surface area (Å²) >= 11 is 1.82. The van der Waals surface area contributed by atoms with Gasteiger partial charge in [-0.1, -0.05) is 6.92 Å². The van der Waals surface area contributed by atoms with Gasteiger partial charge in [0, 0.05) is 28.9 Å². The summed E-state index contributed by atoms with van der Waals surface area (Å²) in [7, 11) is 2.18. The fraction of sp³-hybridized carbons (Fsp3) is 0.636. The lowest BCUT2D eigenvalue weighted by molar-refractivity contribution is 0.246. The summed E-state index contributed by atoms with van der Waals surface area (Å²) in [6.07, 6.45) is 1.20. The van der Waals surface area contributed by atoms with Gasteiger partial charge in [-0.3, -0.25) is 4.90 Å². The van der Waals surface area contributed by atoms with Crippen LogP contribution in [0.2, 0.25) is 0 Å². The lowest BCUT2D eigenvalue weighted by atomic mass is 10.2. The molecule has 0 aromatic carbocycles. The summed E-state index contributed by atoms with van der Waals surface area (Å²) in [4.78, 5) is 5.07. The Morgan fingerprint density at radius 3 is 2.57 bits per heavy atom. The van der Waals surface area contributed by atoms with E-state index in [1.54, 1.807) is 0 Å². The summed E-state index contributed by atoms with van der Waals surface area (Å²) in [5.74, 6) is 0. The van der Waals surface area contributed by atoms with E-state index in [-0.39, 0.29) is 0 Å². The normalized spacial score (nSPS) is 13.5. The van der Waals surface area contributed by atoms with Gasteiger partial charge in [-0.05, 0) is 32.5 Å². The second-order valence-corrected chi connectivity index (χ2v) is 5.00. The molecule has 1 unspecified atom stereocenters. The Morgan fingerprint density at radius 1 is 1.43 bits per heavy atom. The SMILES string of the molecule is CCC(C)N(C)Cc1ccc(CN)s1. The molecule has 14 heavy (non-hydrogen) atoms. The van der Waals surface area contributed by atoms with E-state index in [0.717, 1.165) is 6.54 Å². The largest absolute Gasteiger partial charge is 0.326 e. The minimum Gasteiger partial charge on any atom is -0.326 e. The van der Waals surface area contributed by atoms with Gasteiger partial charge in [0.25, 0.3) is 0 Å². The number of hydrogen-bond donors (Lipinski definition) is 1. The number of hydrogen-bond acceptors (Lipinski definition) is 3. The highest BCUT2D eigenvalue weighted by Gasteiger charge is 2.08. The Bertz CT molecular complexity index is 270. The molecule has 1 heterocycles. The van der Waals surface area contributed by atoms with E-state index in [2.05, 4.69) is 37.9 Å². The minimum absolute atomic E-state index is 0.651. The molecule has 2 nitrogen and oxygen atoms in total. The maximum absolute atomic E-state index is 5.58. The van der Waals surface area contributed by atoms with Gasteiger partial charge in [0.2, 0.25) is 0 Å². The Hall–Kier alpha value is -0.380. The Kier molecular flexibility index (Phi) is 4.58. The zero-order valence-corrected chi connectivity index (χ0v) is 10.1. The Morgan fingerprint density at radius 2 is 2.07 bits per heavy atom. The molecule has 0 amide bonds. The first-order chi connectivity index (χ1) is 6.67. The van der Waals surface area contributed by atoms with E-state index < -0.39 is 0 Å². The monoisotopic (exact) mass is 212 g/mol. The van der Waals surface area contributed by atoms with Crippen LogP contribution in [0.1, 0.15) is 30.0 Å². The molecule has 0 fully saturated rings. The van der Waals surface area contributed by atoms with Gasteiger partial charge in [-0.2, -0.15) is 0 Å². The van der Waals surface area contributed by atoms with Gasteiger partial charge in [0.05, 0.1) is 0 Å². The van der Waals surface area contributed by atoms with Gasteiger partial charge >= 0.3 is 0 Å². The van der Waals surface area contributed by atoms with Crippen LogP contribution in [-0.4, -0.2) is 18.0 Å². The molecule has 0 aliphatic heterocycles. The third-order valence-corrected chi connectivity index (χ3v) is 3.76. The molecule has 1 aromatic heterocycles. The third-order valence-electron chi connectivity index (χ3n) is 2.67. The van der Waals surface area contributed by atoms with Crippen LogP contribution >= 0.6 is 11.3 Å². The molecule has 0 spiro atoms. The number of rotatable bonds is 5. The van der Waals surface area contributed by atoms with Gasteiger partial charge in [0.15, 0.2) is 0 Å². The summed E-state index contributed by atoms with van der Waals surface area (Å²) in [5, 5.41) is 0. The average molecular weight is 212 g/mol. The Labute approximate surface area is 90.7 Å². The van der Waals surface area contributed by atoms with Crippen molar-refractivity contribution in [3.8, 4) is 0 Å². The fourth-order valence-electron chi connectivity index (χ4n) is 1.33. The number of nitrogens with zero attached hydrogens (tertiary/aromatic N) is 1. The third kappa shape index (κ3) is 3.08. The summed E-state index contributed by atoms with van der Waals surface area (Å²) in [6, 6.07) is 4.97. The molecule has 80 valence electrons. The second kappa shape index (κ2) is 5.49. The van der Waals surface area contributed by atoms with Gasteiger partial charge in [-0.15, -0.1) is 11.3 Å². The molecule has 0 saturated carbocycles. The van der Waals surface area contributed by atoms with Crippen molar-refractivity contribution >= 4 is 11.3 Å². The van der Waals surface area contributed by atoms with Crippen LogP contribution in [0.5, 0.6) is 0 Å². The summed E-state index contributed by atoms with van der Waals surface area (Å²) in [5.41, 5.74) is 5.58. The maximum Gasteiger partial charge on any atom is 0.0327 e. The highest BCUT2D eigenvalue weighted by Crippen LogP contribution is 2.18. The predicted octanol–water partition coefficient (Wildman–Crippen LogP) is 2.44. The molecule has 0 bridgehead atoms. The summed E-state index contributed by atoms with van der Waals surface area (Å²) < 4.78 is 0. The first-order valence-corrected chi connectivity index (χ1v) is 5.97. The van der Waals surface area contributed by atoms with E-state index in [1.807, 2.05) is 11.3 Å². The van der Waals surface area contributed by atoms with E-state index in [4.69, 9.17) is 5.73 Å². The maximum atomic E-state index is 5.58. The average Bonchev–Trinajstić information content (AvgIpc) is 2.64. The van der Waals surface area contributed by atoms with Crippen molar-refractivity contribution in [2.24, 2.45) is 5.73 Å². The van der Waals surface area contributed by atoms with Crippen LogP contribution in [0.4, 0.5) is 0 Å². The molecule has 1 aromatic rings. The van der Waals surface area contributed by atoms with E-state index >= 15 is 0 Å². The van der Waals surface area contributed by atoms with Crippen LogP contribution in [0.25, 0.3) is 0 Å². The molecular formula is C11H20N2S. The fourth-order valence-corrected chi connectivity index (χ4v) is 2.29. The molecule has 2 N–H and O–H groups in total. The predicted molar refractivity (Wildman–Crippen MR) is 63.4 cm³/mol. The molecule has 0 aliphatic rings. The quantitative estimate of drug-likeness (QED) is 0.812. The number of thiophene rings is 1. The van der Waals surface area contributed by atoms with Crippen molar-refractivity contribution in [2.45, 2.75) is 39.4 Å². The van der Waals surface area contributed by atoms with Crippen molar-refractivity contribution in [3.05, 3.63) is 21.9 Å². The smallest absolute Gasteiger partial charge is 0.0327 e. The molecule has 1 atom stereocenters. The highest BCUT2D eigenvalue weighted by molar-refractivity contribution is 7.11. The first kappa shape index (κ1) is 11.7. The standard InChI is InChI=1S/C11H20N2S/c1-4-9(2)13(3)8-11-6-5-10(7-12)14-11/h5-6,9H,4,7-8,12H2,1-3H3. The van der Waals surface area contributed by atoms with Crippen molar-refractivity contribution in [1.82, 2.24) is 4.90 Å². The van der Waals surface area contributed by atoms with Gasteiger partial charge in [0.1, 0.15) is 0 Å². The molecule has 1 rings (SSSR count). The van der Waals surface area contributed by atoms with Crippen LogP contribution in [-0.2, 0) is 13.1 Å². The van der Waals surface area contributed by atoms with E-state index in [0.29, 0.717) is 12.6 Å². The van der Waals surface area contributed by atoms with Crippen molar-refractivity contribution < 1.29 is 0 Å². The van der Waals surface area contributed by atoms with Crippen LogP contribution in [0.3, 0.4) is 0 Å². The van der Waals surface area contributed by atoms with Crippen molar-refractivity contribution in [1.29, 1.82) is 0 Å². The topological polar surface area (TPSA) is 29.3 Å². The summed E-state index contributed by atoms with van der Waals surface area (Å²) in [6.45, 7) is 6.19. The molecule has 0 radical (unpaired) electrons. The van der Waals surface area contributed by atoms with E-state index in [9.17, 15) is 0 Å². The van der Waals surface area contributed by atoms with Gasteiger partial charge < -0.3 is 5.73 Å². The van der Waals surface area contributed by atoms with Crippen molar-refractivity contribution in [2.75, 3.05) is 7.05 Å². The minimum atomic E-state index is 0.651. The Balaban J connectivity index is 2.51. The zero-order chi connectivity index (χ0) is 10.6. The second-order valence-electron chi connectivity index (χ2n) is 3.74. The zero-order valence-electron chi connectivity index (χ0n) is 9.29. The lowest BCUT2D eigenvalue weighted by Gasteiger charge is -2.22. The lowest BCUT2D eigenvalue weighted by Crippen LogP contribution is -2.27. The highest BCUT2D eigenvalue weighted by atomic mass is 32.1. The van der Waals surface area contributed by atoms with E-state index in [1.165, 1.54) is 16.2 Å². The van der Waals surface area contributed by atoms with Crippen LogP contribution in [0, 0.1) is 0 Å². The molecule has 0 aliphatic carbocycles. The molecular weight excluding hydrogens is 192 g/mol. The van der Waals surface area contributed by atoms with Crippen molar-refractivity contribution in [3.63, 3.8) is 0 Å². The first-order valence-electron chi connectivity index (χ1n) is 5.15. The molecule has 0 saturated heterocycles. The van der Waals surface area contributed by atoms with Gasteiger partial charge in [-0.25, -0.2) is 0 Å². The van der Waals surface area contributed by atoms with Crippen LogP contribution < -0.4 is 5.73 Å².